The fourth-order valence-electron chi connectivity index (χ4n) is 3.75. The lowest BCUT2D eigenvalue weighted by atomic mass is 9.86. The number of carbonyl (C=O) groups excluding carboxylic acids is 1. The largest absolute Gasteiger partial charge is 0.481 e. The molecule has 0 aromatic carbocycles. The summed E-state index contributed by atoms with van der Waals surface area (Å²) in [7, 11) is 0. The summed E-state index contributed by atoms with van der Waals surface area (Å²) < 4.78 is 0. The van der Waals surface area contributed by atoms with Crippen LogP contribution in [0.1, 0.15) is 13.3 Å². The Balaban J connectivity index is 1.89. The molecule has 0 aliphatic heterocycles. The molecule has 6 atom stereocenters. The number of carbonyl (C=O) groups is 2. The molecule has 0 aromatic heterocycles. The van der Waals surface area contributed by atoms with Crippen LogP contribution >= 0.6 is 0 Å². The van der Waals surface area contributed by atoms with E-state index in [1.807, 2.05) is 0 Å². The van der Waals surface area contributed by atoms with E-state index in [0.29, 0.717) is 17.6 Å². The summed E-state index contributed by atoms with van der Waals surface area (Å²) in [5, 5.41) is 8.89. The standard InChI is InChI=1S/C10H12O3/c1-3(10(12)13)6-5-2-4-7(6)8(4)9(5)11/h3-8H,2H2,1H3,(H,12,13). The molecule has 0 saturated heterocycles. The van der Waals surface area contributed by atoms with Crippen molar-refractivity contribution >= 4 is 11.8 Å². The minimum atomic E-state index is -0.740. The first-order valence-electron chi connectivity index (χ1n) is 4.89. The Morgan fingerprint density at radius 1 is 1.62 bits per heavy atom. The Bertz CT molecular complexity index is 309. The Morgan fingerprint density at radius 2 is 2.31 bits per heavy atom. The molecular formula is C10H12O3. The van der Waals surface area contributed by atoms with Crippen molar-refractivity contribution in [3.8, 4) is 0 Å². The Labute approximate surface area is 76.1 Å². The minimum absolute atomic E-state index is 0.103. The second-order valence-corrected chi connectivity index (χ2v) is 4.72. The van der Waals surface area contributed by atoms with Gasteiger partial charge in [0.05, 0.1) is 5.92 Å². The van der Waals surface area contributed by atoms with Gasteiger partial charge in [-0.15, -0.1) is 0 Å². The molecule has 4 saturated carbocycles. The lowest BCUT2D eigenvalue weighted by molar-refractivity contribution is -0.143. The van der Waals surface area contributed by atoms with E-state index in [1.54, 1.807) is 6.92 Å². The zero-order valence-corrected chi connectivity index (χ0v) is 7.43. The van der Waals surface area contributed by atoms with Crippen molar-refractivity contribution in [2.75, 3.05) is 0 Å². The molecular weight excluding hydrogens is 168 g/mol. The molecule has 0 aromatic rings. The maximum atomic E-state index is 11.5. The summed E-state index contributed by atoms with van der Waals surface area (Å²) in [6, 6.07) is 0. The van der Waals surface area contributed by atoms with E-state index in [2.05, 4.69) is 0 Å². The molecule has 0 spiro atoms. The van der Waals surface area contributed by atoms with Gasteiger partial charge in [-0.25, -0.2) is 0 Å². The number of aliphatic carboxylic acids is 1. The number of rotatable bonds is 2. The van der Waals surface area contributed by atoms with E-state index in [1.165, 1.54) is 0 Å². The van der Waals surface area contributed by atoms with Crippen molar-refractivity contribution in [1.82, 2.24) is 0 Å². The van der Waals surface area contributed by atoms with Crippen LogP contribution < -0.4 is 0 Å². The van der Waals surface area contributed by atoms with Gasteiger partial charge in [-0.2, -0.15) is 0 Å². The molecule has 13 heavy (non-hydrogen) atoms. The second kappa shape index (κ2) is 1.97. The van der Waals surface area contributed by atoms with E-state index < -0.39 is 5.97 Å². The fraction of sp³-hybridized carbons (Fsp3) is 0.800. The predicted octanol–water partition coefficient (Wildman–Crippen LogP) is 0.788. The smallest absolute Gasteiger partial charge is 0.306 e. The van der Waals surface area contributed by atoms with Gasteiger partial charge in [0.25, 0.3) is 0 Å². The zero-order valence-electron chi connectivity index (χ0n) is 7.43. The molecule has 6 unspecified atom stereocenters. The van der Waals surface area contributed by atoms with Crippen LogP contribution in [0.15, 0.2) is 0 Å². The average molecular weight is 180 g/mol. The van der Waals surface area contributed by atoms with E-state index in [0.717, 1.165) is 6.42 Å². The van der Waals surface area contributed by atoms with Crippen LogP contribution in [0.4, 0.5) is 0 Å². The first-order chi connectivity index (χ1) is 6.13. The summed E-state index contributed by atoms with van der Waals surface area (Å²) in [6.45, 7) is 1.75. The topological polar surface area (TPSA) is 54.4 Å². The van der Waals surface area contributed by atoms with Crippen LogP contribution in [-0.2, 0) is 9.59 Å². The summed E-state index contributed by atoms with van der Waals surface area (Å²) in [4.78, 5) is 22.3. The van der Waals surface area contributed by atoms with Crippen molar-refractivity contribution in [3.05, 3.63) is 0 Å². The van der Waals surface area contributed by atoms with Crippen molar-refractivity contribution in [2.24, 2.45) is 35.5 Å². The van der Waals surface area contributed by atoms with Gasteiger partial charge in [0.15, 0.2) is 0 Å². The third kappa shape index (κ3) is 0.675. The Kier molecular flexibility index (Phi) is 1.14. The van der Waals surface area contributed by atoms with Crippen LogP contribution in [0.5, 0.6) is 0 Å². The first-order valence-corrected chi connectivity index (χ1v) is 4.89. The zero-order chi connectivity index (χ0) is 9.33. The normalized spacial score (nSPS) is 52.4. The van der Waals surface area contributed by atoms with Crippen molar-refractivity contribution in [3.63, 3.8) is 0 Å². The monoisotopic (exact) mass is 180 g/mol. The van der Waals surface area contributed by atoms with Gasteiger partial charge < -0.3 is 5.11 Å². The third-order valence-electron chi connectivity index (χ3n) is 4.33. The highest BCUT2D eigenvalue weighted by Gasteiger charge is 2.74. The average Bonchev–Trinajstić information content (AvgIpc) is 2.39. The molecule has 4 fully saturated rings. The molecule has 3 nitrogen and oxygen atoms in total. The number of carboxylic acid groups (broad SMARTS) is 1. The minimum Gasteiger partial charge on any atom is -0.481 e. The molecule has 4 rings (SSSR count). The van der Waals surface area contributed by atoms with Gasteiger partial charge in [-0.3, -0.25) is 9.59 Å². The van der Waals surface area contributed by atoms with E-state index >= 15 is 0 Å². The molecule has 4 bridgehead atoms. The van der Waals surface area contributed by atoms with Crippen LogP contribution in [0.3, 0.4) is 0 Å². The lowest BCUT2D eigenvalue weighted by Gasteiger charge is -2.17. The van der Waals surface area contributed by atoms with Gasteiger partial charge in [-0.1, -0.05) is 6.92 Å². The first kappa shape index (κ1) is 7.54. The number of hydrogen-bond acceptors (Lipinski definition) is 2. The van der Waals surface area contributed by atoms with Crippen LogP contribution in [0, 0.1) is 35.5 Å². The molecule has 4 aliphatic carbocycles. The fourth-order valence-corrected chi connectivity index (χ4v) is 3.75. The Morgan fingerprint density at radius 3 is 2.62 bits per heavy atom. The number of hydrogen-bond donors (Lipinski definition) is 1. The molecule has 0 heterocycles. The highest BCUT2D eigenvalue weighted by molar-refractivity contribution is 5.94. The second-order valence-electron chi connectivity index (χ2n) is 4.72. The van der Waals surface area contributed by atoms with Crippen LogP contribution in [0.25, 0.3) is 0 Å². The quantitative estimate of drug-likeness (QED) is 0.683. The molecule has 0 radical (unpaired) electrons. The summed E-state index contributed by atoms with van der Waals surface area (Å²) in [5.41, 5.74) is 0. The van der Waals surface area contributed by atoms with E-state index in [-0.39, 0.29) is 23.7 Å². The number of Topliss-reactive ketones (excluding diaryl/α,β-unsaturated/α-hetero) is 1. The molecule has 4 aliphatic rings. The maximum Gasteiger partial charge on any atom is 0.306 e. The molecule has 1 N–H and O–H groups in total. The van der Waals surface area contributed by atoms with Crippen molar-refractivity contribution in [1.29, 1.82) is 0 Å². The van der Waals surface area contributed by atoms with Gasteiger partial charge in [0.1, 0.15) is 5.78 Å². The van der Waals surface area contributed by atoms with Gasteiger partial charge in [-0.05, 0) is 24.2 Å². The Hall–Kier alpha value is -0.860. The van der Waals surface area contributed by atoms with E-state index in [9.17, 15) is 9.59 Å². The third-order valence-corrected chi connectivity index (χ3v) is 4.33. The highest BCUT2D eigenvalue weighted by Crippen LogP contribution is 2.72. The van der Waals surface area contributed by atoms with Crippen molar-refractivity contribution < 1.29 is 14.7 Å². The van der Waals surface area contributed by atoms with Crippen LogP contribution in [0.2, 0.25) is 0 Å². The number of carboxylic acids is 1. The van der Waals surface area contributed by atoms with Gasteiger partial charge in [0.2, 0.25) is 0 Å². The lowest BCUT2D eigenvalue weighted by Crippen LogP contribution is -2.25. The summed E-state index contributed by atoms with van der Waals surface area (Å²) >= 11 is 0. The van der Waals surface area contributed by atoms with Crippen molar-refractivity contribution in [2.45, 2.75) is 13.3 Å². The summed E-state index contributed by atoms with van der Waals surface area (Å²) in [5.74, 6) is 0.872. The maximum absolute atomic E-state index is 11.5. The molecule has 0 amide bonds. The SMILES string of the molecule is CC(C(=O)O)C1C2CC3C(C2=O)C31. The highest BCUT2D eigenvalue weighted by atomic mass is 16.4. The van der Waals surface area contributed by atoms with Crippen LogP contribution in [-0.4, -0.2) is 16.9 Å². The molecule has 70 valence electrons. The van der Waals surface area contributed by atoms with Gasteiger partial charge >= 0.3 is 5.97 Å². The van der Waals surface area contributed by atoms with E-state index in [4.69, 9.17) is 5.11 Å². The summed E-state index contributed by atoms with van der Waals surface area (Å²) in [6.07, 6.45) is 0.983. The van der Waals surface area contributed by atoms with Gasteiger partial charge in [0, 0.05) is 11.8 Å². The predicted molar refractivity (Wildman–Crippen MR) is 43.9 cm³/mol. The molecule has 3 heteroatoms. The number of ketones is 1.